The quantitative estimate of drug-likeness (QED) is 0.784. The minimum atomic E-state index is -3.18. The normalized spacial score (nSPS) is 20.2. The third-order valence-electron chi connectivity index (χ3n) is 2.71. The average molecular weight is 240 g/mol. The number of hydrogen-bond donors (Lipinski definition) is 2. The van der Waals surface area contributed by atoms with Gasteiger partial charge >= 0.3 is 0 Å². The van der Waals surface area contributed by atoms with Gasteiger partial charge in [-0.15, -0.1) is 0 Å². The number of anilines is 2. The van der Waals surface area contributed by atoms with Crippen LogP contribution < -0.4 is 10.6 Å². The zero-order valence-corrected chi connectivity index (χ0v) is 10.3. The van der Waals surface area contributed by atoms with E-state index in [1.165, 1.54) is 6.26 Å². The van der Waals surface area contributed by atoms with Crippen LogP contribution in [0.4, 0.5) is 11.4 Å². The van der Waals surface area contributed by atoms with Crippen LogP contribution in [0.5, 0.6) is 0 Å². The molecule has 0 aromatic heterocycles. The van der Waals surface area contributed by atoms with Gasteiger partial charge in [-0.25, -0.2) is 8.42 Å². The fraction of sp³-hybridized carbons (Fsp3) is 0.455. The SMILES string of the molecule is CC1CCNc2c(cccc2S(C)(=O)=O)N1. The van der Waals surface area contributed by atoms with Crippen molar-refractivity contribution in [2.75, 3.05) is 23.4 Å². The molecule has 0 spiro atoms. The number of fused-ring (bicyclic) bond motifs is 1. The smallest absolute Gasteiger partial charge is 0.177 e. The van der Waals surface area contributed by atoms with Crippen molar-refractivity contribution in [2.24, 2.45) is 0 Å². The largest absolute Gasteiger partial charge is 0.382 e. The van der Waals surface area contributed by atoms with Crippen molar-refractivity contribution in [2.45, 2.75) is 24.3 Å². The van der Waals surface area contributed by atoms with Crippen LogP contribution in [-0.4, -0.2) is 27.3 Å². The Bertz CT molecular complexity index is 497. The molecule has 0 aliphatic carbocycles. The summed E-state index contributed by atoms with van der Waals surface area (Å²) in [4.78, 5) is 0.367. The van der Waals surface area contributed by atoms with Gasteiger partial charge in [0.2, 0.25) is 0 Å². The maximum absolute atomic E-state index is 11.6. The minimum absolute atomic E-state index is 0.351. The van der Waals surface area contributed by atoms with E-state index < -0.39 is 9.84 Å². The lowest BCUT2D eigenvalue weighted by Crippen LogP contribution is -2.14. The van der Waals surface area contributed by atoms with Gasteiger partial charge in [0, 0.05) is 18.8 Å². The van der Waals surface area contributed by atoms with E-state index in [9.17, 15) is 8.42 Å². The van der Waals surface area contributed by atoms with Crippen molar-refractivity contribution in [3.63, 3.8) is 0 Å². The van der Waals surface area contributed by atoms with Gasteiger partial charge < -0.3 is 10.6 Å². The van der Waals surface area contributed by atoms with E-state index in [1.807, 2.05) is 6.07 Å². The molecule has 2 N–H and O–H groups in total. The van der Waals surface area contributed by atoms with Crippen LogP contribution >= 0.6 is 0 Å². The molecule has 16 heavy (non-hydrogen) atoms. The van der Waals surface area contributed by atoms with Crippen LogP contribution in [0, 0.1) is 0 Å². The highest BCUT2D eigenvalue weighted by molar-refractivity contribution is 7.90. The Morgan fingerprint density at radius 1 is 1.38 bits per heavy atom. The third kappa shape index (κ3) is 2.14. The van der Waals surface area contributed by atoms with Crippen LogP contribution in [-0.2, 0) is 9.84 Å². The molecule has 1 aromatic rings. The van der Waals surface area contributed by atoms with Crippen molar-refractivity contribution >= 4 is 21.2 Å². The average Bonchev–Trinajstić information content (AvgIpc) is 2.35. The van der Waals surface area contributed by atoms with E-state index in [2.05, 4.69) is 17.6 Å². The molecule has 0 fully saturated rings. The van der Waals surface area contributed by atoms with E-state index in [1.54, 1.807) is 12.1 Å². The summed E-state index contributed by atoms with van der Waals surface area (Å²) in [6.45, 7) is 2.87. The number of benzene rings is 1. The summed E-state index contributed by atoms with van der Waals surface area (Å²) in [5, 5.41) is 6.50. The van der Waals surface area contributed by atoms with Crippen molar-refractivity contribution in [3.05, 3.63) is 18.2 Å². The molecule has 0 saturated heterocycles. The fourth-order valence-corrected chi connectivity index (χ4v) is 2.77. The summed E-state index contributed by atoms with van der Waals surface area (Å²) in [6.07, 6.45) is 2.20. The van der Waals surface area contributed by atoms with Crippen molar-refractivity contribution in [1.82, 2.24) is 0 Å². The van der Waals surface area contributed by atoms with Gasteiger partial charge in [-0.05, 0) is 25.5 Å². The molecule has 0 amide bonds. The molecule has 0 saturated carbocycles. The highest BCUT2D eigenvalue weighted by Gasteiger charge is 2.19. The predicted molar refractivity (Wildman–Crippen MR) is 65.7 cm³/mol. The number of rotatable bonds is 1. The summed E-state index contributed by atoms with van der Waals surface area (Å²) < 4.78 is 23.3. The molecule has 1 aromatic carbocycles. The summed E-state index contributed by atoms with van der Waals surface area (Å²) in [5.41, 5.74) is 1.57. The standard InChI is InChI=1S/C11H16N2O2S/c1-8-6-7-12-11-9(13-8)4-3-5-10(11)16(2,14)15/h3-5,8,12-13H,6-7H2,1-2H3. The fourth-order valence-electron chi connectivity index (χ4n) is 1.89. The van der Waals surface area contributed by atoms with Crippen LogP contribution in [0.3, 0.4) is 0 Å². The van der Waals surface area contributed by atoms with Crippen LogP contribution in [0.25, 0.3) is 0 Å². The topological polar surface area (TPSA) is 58.2 Å². The summed E-state index contributed by atoms with van der Waals surface area (Å²) in [6, 6.07) is 5.66. The zero-order valence-electron chi connectivity index (χ0n) is 9.45. The Morgan fingerprint density at radius 2 is 2.12 bits per heavy atom. The Labute approximate surface area is 96.0 Å². The number of sulfone groups is 1. The number of hydrogen-bond acceptors (Lipinski definition) is 4. The highest BCUT2D eigenvalue weighted by atomic mass is 32.2. The van der Waals surface area contributed by atoms with E-state index in [-0.39, 0.29) is 0 Å². The molecule has 1 aliphatic rings. The lowest BCUT2D eigenvalue weighted by atomic mass is 10.2. The second-order valence-corrected chi connectivity index (χ2v) is 6.20. The van der Waals surface area contributed by atoms with Gasteiger partial charge in [-0.2, -0.15) is 0 Å². The van der Waals surface area contributed by atoms with Gasteiger partial charge in [0.1, 0.15) is 0 Å². The summed E-state index contributed by atoms with van der Waals surface area (Å²) >= 11 is 0. The third-order valence-corrected chi connectivity index (χ3v) is 3.85. The first-order valence-corrected chi connectivity index (χ1v) is 7.21. The first kappa shape index (κ1) is 11.3. The molecule has 5 heteroatoms. The van der Waals surface area contributed by atoms with Crippen molar-refractivity contribution < 1.29 is 8.42 Å². The first-order chi connectivity index (χ1) is 7.48. The second-order valence-electron chi connectivity index (χ2n) is 4.21. The Morgan fingerprint density at radius 3 is 2.81 bits per heavy atom. The number of para-hydroxylation sites is 1. The lowest BCUT2D eigenvalue weighted by Gasteiger charge is -2.14. The maximum atomic E-state index is 11.6. The molecule has 4 nitrogen and oxygen atoms in total. The van der Waals surface area contributed by atoms with Crippen LogP contribution in [0.15, 0.2) is 23.1 Å². The molecular formula is C11H16N2O2S. The molecule has 0 radical (unpaired) electrons. The monoisotopic (exact) mass is 240 g/mol. The van der Waals surface area contributed by atoms with E-state index in [0.29, 0.717) is 16.6 Å². The van der Waals surface area contributed by atoms with Gasteiger partial charge in [-0.1, -0.05) is 6.07 Å². The van der Waals surface area contributed by atoms with E-state index >= 15 is 0 Å². The first-order valence-electron chi connectivity index (χ1n) is 5.32. The highest BCUT2D eigenvalue weighted by Crippen LogP contribution is 2.32. The molecule has 2 rings (SSSR count). The maximum Gasteiger partial charge on any atom is 0.177 e. The molecule has 88 valence electrons. The van der Waals surface area contributed by atoms with Crippen LogP contribution in [0.1, 0.15) is 13.3 Å². The summed E-state index contributed by atoms with van der Waals surface area (Å²) in [7, 11) is -3.18. The van der Waals surface area contributed by atoms with E-state index in [4.69, 9.17) is 0 Å². The van der Waals surface area contributed by atoms with Gasteiger partial charge in [-0.3, -0.25) is 0 Å². The molecular weight excluding hydrogens is 224 g/mol. The Kier molecular flexibility index (Phi) is 2.80. The van der Waals surface area contributed by atoms with Gasteiger partial charge in [0.15, 0.2) is 9.84 Å². The molecule has 1 heterocycles. The Balaban J connectivity index is 2.55. The molecule has 1 atom stereocenters. The van der Waals surface area contributed by atoms with E-state index in [0.717, 1.165) is 18.7 Å². The predicted octanol–water partition coefficient (Wildman–Crippen LogP) is 1.71. The molecule has 1 aliphatic heterocycles. The van der Waals surface area contributed by atoms with Crippen molar-refractivity contribution in [3.8, 4) is 0 Å². The summed E-state index contributed by atoms with van der Waals surface area (Å²) in [5.74, 6) is 0. The lowest BCUT2D eigenvalue weighted by molar-refractivity contribution is 0.602. The van der Waals surface area contributed by atoms with Crippen molar-refractivity contribution in [1.29, 1.82) is 0 Å². The number of nitrogens with one attached hydrogen (secondary N) is 2. The second kappa shape index (κ2) is 3.97. The molecule has 1 unspecified atom stereocenters. The minimum Gasteiger partial charge on any atom is -0.382 e. The van der Waals surface area contributed by atoms with Gasteiger partial charge in [0.05, 0.1) is 16.3 Å². The molecule has 0 bridgehead atoms. The zero-order chi connectivity index (χ0) is 11.8. The Hall–Kier alpha value is -1.23. The van der Waals surface area contributed by atoms with Gasteiger partial charge in [0.25, 0.3) is 0 Å². The van der Waals surface area contributed by atoms with Crippen LogP contribution in [0.2, 0.25) is 0 Å².